The van der Waals surface area contributed by atoms with E-state index in [1.54, 1.807) is 17.0 Å². The lowest BCUT2D eigenvalue weighted by molar-refractivity contribution is -0.137. The molecule has 1 unspecified atom stereocenters. The Morgan fingerprint density at radius 3 is 2.50 bits per heavy atom. The monoisotopic (exact) mass is 420 g/mol. The first-order valence-electron chi connectivity index (χ1n) is 9.50. The number of pyridine rings is 1. The Morgan fingerprint density at radius 1 is 1.20 bits per heavy atom. The maximum absolute atomic E-state index is 13.4. The van der Waals surface area contributed by atoms with Crippen LogP contribution in [-0.2, 0) is 17.4 Å². The number of alkyl halides is 3. The van der Waals surface area contributed by atoms with Gasteiger partial charge in [0.1, 0.15) is 0 Å². The summed E-state index contributed by atoms with van der Waals surface area (Å²) in [6.45, 7) is 0.924. The van der Waals surface area contributed by atoms with Crippen LogP contribution < -0.4 is 5.32 Å². The number of amides is 2. The maximum atomic E-state index is 13.4. The highest BCUT2D eigenvalue weighted by Crippen LogP contribution is 2.32. The number of halogens is 3. The summed E-state index contributed by atoms with van der Waals surface area (Å²) >= 11 is 0. The van der Waals surface area contributed by atoms with Gasteiger partial charge in [-0.05, 0) is 56.4 Å². The molecule has 0 spiro atoms. The van der Waals surface area contributed by atoms with Crippen molar-refractivity contribution in [2.45, 2.75) is 25.1 Å². The molecular weight excluding hydrogens is 397 g/mol. The lowest BCUT2D eigenvalue weighted by Gasteiger charge is -2.21. The van der Waals surface area contributed by atoms with Gasteiger partial charge < -0.3 is 15.1 Å². The molecule has 1 N–H and O–H groups in total. The minimum Gasteiger partial charge on any atom is -0.337 e. The molecular formula is C21H23F3N4O2. The summed E-state index contributed by atoms with van der Waals surface area (Å²) in [5.41, 5.74) is -0.451. The fourth-order valence-electron chi connectivity index (χ4n) is 3.41. The summed E-state index contributed by atoms with van der Waals surface area (Å²) in [6, 6.07) is 6.44. The van der Waals surface area contributed by atoms with Gasteiger partial charge in [0.05, 0.1) is 12.0 Å². The molecule has 160 valence electrons. The number of aromatic nitrogens is 1. The molecule has 1 atom stereocenters. The first kappa shape index (κ1) is 21.8. The molecule has 0 saturated carbocycles. The number of benzene rings is 1. The Hall–Kier alpha value is -2.94. The first-order valence-corrected chi connectivity index (χ1v) is 9.50. The second-order valence-corrected chi connectivity index (χ2v) is 7.53. The summed E-state index contributed by atoms with van der Waals surface area (Å²) < 4.78 is 40.2. The Morgan fingerprint density at radius 2 is 1.90 bits per heavy atom. The van der Waals surface area contributed by atoms with Crippen LogP contribution in [0.3, 0.4) is 0 Å². The van der Waals surface area contributed by atoms with Crippen molar-refractivity contribution in [2.24, 2.45) is 0 Å². The normalized spacial score (nSPS) is 16.7. The predicted molar refractivity (Wildman–Crippen MR) is 106 cm³/mol. The van der Waals surface area contributed by atoms with Gasteiger partial charge in [-0.15, -0.1) is 0 Å². The third-order valence-electron chi connectivity index (χ3n) is 5.09. The molecule has 30 heavy (non-hydrogen) atoms. The van der Waals surface area contributed by atoms with E-state index in [1.165, 1.54) is 18.5 Å². The average Bonchev–Trinajstić information content (AvgIpc) is 3.17. The van der Waals surface area contributed by atoms with Gasteiger partial charge in [-0.3, -0.25) is 14.6 Å². The van der Waals surface area contributed by atoms with Crippen LogP contribution in [0.2, 0.25) is 0 Å². The van der Waals surface area contributed by atoms with E-state index in [9.17, 15) is 22.8 Å². The van der Waals surface area contributed by atoms with Gasteiger partial charge >= 0.3 is 6.18 Å². The number of carbonyl (C=O) groups is 2. The van der Waals surface area contributed by atoms with Crippen LogP contribution in [-0.4, -0.2) is 59.8 Å². The van der Waals surface area contributed by atoms with Crippen molar-refractivity contribution in [3.63, 3.8) is 0 Å². The Kier molecular flexibility index (Phi) is 6.40. The smallest absolute Gasteiger partial charge is 0.337 e. The molecule has 1 fully saturated rings. The molecule has 9 heteroatoms. The molecule has 0 bridgehead atoms. The SMILES string of the molecule is CN(C)C1CCN(C(=O)c2cc(NC(=O)Cc3ccncc3)cc(C(F)(F)F)c2)C1. The van der Waals surface area contributed by atoms with Crippen molar-refractivity contribution < 1.29 is 22.8 Å². The Bertz CT molecular complexity index is 916. The third kappa shape index (κ3) is 5.35. The van der Waals surface area contributed by atoms with E-state index in [4.69, 9.17) is 0 Å². The molecule has 1 aliphatic rings. The molecule has 2 heterocycles. The number of hydrogen-bond donors (Lipinski definition) is 1. The number of likely N-dealkylation sites (N-methyl/N-ethyl adjacent to an activating group) is 1. The fraction of sp³-hybridized carbons (Fsp3) is 0.381. The molecule has 1 aromatic carbocycles. The topological polar surface area (TPSA) is 65.5 Å². The van der Waals surface area contributed by atoms with Gasteiger partial charge in [0, 0.05) is 42.8 Å². The highest BCUT2D eigenvalue weighted by molar-refractivity contribution is 5.98. The molecule has 2 aromatic rings. The minimum absolute atomic E-state index is 0.0152. The van der Waals surface area contributed by atoms with Crippen molar-refractivity contribution in [2.75, 3.05) is 32.5 Å². The predicted octanol–water partition coefficient (Wildman–Crippen LogP) is 3.06. The second-order valence-electron chi connectivity index (χ2n) is 7.53. The molecule has 6 nitrogen and oxygen atoms in total. The summed E-state index contributed by atoms with van der Waals surface area (Å²) in [5, 5.41) is 2.48. The zero-order valence-electron chi connectivity index (χ0n) is 16.7. The number of rotatable bonds is 5. The number of hydrogen-bond acceptors (Lipinski definition) is 4. The number of nitrogens with zero attached hydrogens (tertiary/aromatic N) is 3. The van der Waals surface area contributed by atoms with Crippen LogP contribution in [0.1, 0.15) is 27.9 Å². The molecule has 1 aliphatic heterocycles. The van der Waals surface area contributed by atoms with E-state index >= 15 is 0 Å². The summed E-state index contributed by atoms with van der Waals surface area (Å²) in [4.78, 5) is 32.5. The van der Waals surface area contributed by atoms with Crippen molar-refractivity contribution in [3.8, 4) is 0 Å². The van der Waals surface area contributed by atoms with Crippen molar-refractivity contribution in [1.82, 2.24) is 14.8 Å². The first-order chi connectivity index (χ1) is 14.1. The zero-order chi connectivity index (χ0) is 21.9. The number of nitrogens with one attached hydrogen (secondary N) is 1. The van der Waals surface area contributed by atoms with Crippen molar-refractivity contribution in [3.05, 3.63) is 59.4 Å². The number of carbonyl (C=O) groups excluding carboxylic acids is 2. The molecule has 3 rings (SSSR count). The van der Waals surface area contributed by atoms with Crippen LogP contribution in [0, 0.1) is 0 Å². The lowest BCUT2D eigenvalue weighted by Crippen LogP contribution is -2.34. The molecule has 0 aliphatic carbocycles. The average molecular weight is 420 g/mol. The van der Waals surface area contributed by atoms with Gasteiger partial charge in [0.2, 0.25) is 5.91 Å². The zero-order valence-corrected chi connectivity index (χ0v) is 16.7. The summed E-state index contributed by atoms with van der Waals surface area (Å²) in [6.07, 6.45) is -0.842. The quantitative estimate of drug-likeness (QED) is 0.808. The molecule has 0 radical (unpaired) electrons. The van der Waals surface area contributed by atoms with E-state index in [1.807, 2.05) is 19.0 Å². The van der Waals surface area contributed by atoms with E-state index in [2.05, 4.69) is 10.3 Å². The number of likely N-dealkylation sites (tertiary alicyclic amines) is 1. The van der Waals surface area contributed by atoms with Gasteiger partial charge in [-0.1, -0.05) is 0 Å². The van der Waals surface area contributed by atoms with Gasteiger partial charge in [-0.2, -0.15) is 13.2 Å². The van der Waals surface area contributed by atoms with Crippen molar-refractivity contribution >= 4 is 17.5 Å². The summed E-state index contributed by atoms with van der Waals surface area (Å²) in [7, 11) is 3.80. The maximum Gasteiger partial charge on any atom is 0.416 e. The largest absolute Gasteiger partial charge is 0.416 e. The van der Waals surface area contributed by atoms with E-state index < -0.39 is 23.6 Å². The van der Waals surface area contributed by atoms with Gasteiger partial charge in [0.25, 0.3) is 5.91 Å². The summed E-state index contributed by atoms with van der Waals surface area (Å²) in [5.74, 6) is -0.956. The molecule has 1 aromatic heterocycles. The fourth-order valence-corrected chi connectivity index (χ4v) is 3.41. The standard InChI is InChI=1S/C21H23F3N4O2/c1-27(2)18-5-8-28(13-18)20(30)15-10-16(21(22,23)24)12-17(11-15)26-19(29)9-14-3-6-25-7-4-14/h3-4,6-7,10-12,18H,5,8-9,13H2,1-2H3,(H,26,29). The van der Waals surface area contributed by atoms with Crippen LogP contribution in [0.15, 0.2) is 42.7 Å². The Balaban J connectivity index is 1.82. The van der Waals surface area contributed by atoms with Crippen LogP contribution in [0.25, 0.3) is 0 Å². The van der Waals surface area contributed by atoms with Gasteiger partial charge in [0.15, 0.2) is 0 Å². The van der Waals surface area contributed by atoms with Crippen LogP contribution in [0.5, 0.6) is 0 Å². The second kappa shape index (κ2) is 8.83. The highest BCUT2D eigenvalue weighted by Gasteiger charge is 2.34. The lowest BCUT2D eigenvalue weighted by atomic mass is 10.1. The Labute approximate surface area is 172 Å². The molecule has 2 amide bonds. The van der Waals surface area contributed by atoms with Crippen molar-refractivity contribution in [1.29, 1.82) is 0 Å². The third-order valence-corrected chi connectivity index (χ3v) is 5.09. The van der Waals surface area contributed by atoms with Gasteiger partial charge in [-0.25, -0.2) is 0 Å². The number of anilines is 1. The van der Waals surface area contributed by atoms with E-state index in [0.717, 1.165) is 18.6 Å². The highest BCUT2D eigenvalue weighted by atomic mass is 19.4. The molecule has 1 saturated heterocycles. The van der Waals surface area contributed by atoms with Crippen LogP contribution >= 0.6 is 0 Å². The van der Waals surface area contributed by atoms with E-state index in [0.29, 0.717) is 18.7 Å². The minimum atomic E-state index is -4.64. The van der Waals surface area contributed by atoms with Crippen LogP contribution in [0.4, 0.5) is 18.9 Å². The van der Waals surface area contributed by atoms with E-state index in [-0.39, 0.29) is 23.7 Å².